The molecule has 1 aromatic heterocycles. The number of carbonyl (C=O) groups excluding carboxylic acids is 1. The summed E-state index contributed by atoms with van der Waals surface area (Å²) in [5.41, 5.74) is 0.141. The Morgan fingerprint density at radius 2 is 1.97 bits per heavy atom. The lowest BCUT2D eigenvalue weighted by molar-refractivity contribution is -0.146. The molecule has 6 heteroatoms. The number of halogens is 2. The molecule has 2 unspecified atom stereocenters. The molecule has 8 atom stereocenters. The molecular formula is C27H35F2N3O. The zero-order valence-electron chi connectivity index (χ0n) is 19.8. The number of nitrogens with zero attached hydrogens (tertiary/aromatic N) is 3. The van der Waals surface area contributed by atoms with Gasteiger partial charge in [0.1, 0.15) is 23.5 Å². The first-order chi connectivity index (χ1) is 15.8. The summed E-state index contributed by atoms with van der Waals surface area (Å²) in [5, 5.41) is 8.17. The predicted octanol–water partition coefficient (Wildman–Crippen LogP) is 6.14. The van der Waals surface area contributed by atoms with Crippen LogP contribution in [-0.4, -0.2) is 26.4 Å². The third-order valence-corrected chi connectivity index (χ3v) is 10.5. The molecule has 1 aromatic carbocycles. The molecule has 0 bridgehead atoms. The lowest BCUT2D eigenvalue weighted by atomic mass is 9.48. The number of alkyl halides is 1. The summed E-state index contributed by atoms with van der Waals surface area (Å²) in [4.78, 5) is 13.5. The molecule has 4 aliphatic rings. The second-order valence-corrected chi connectivity index (χ2v) is 12.0. The third-order valence-electron chi connectivity index (χ3n) is 10.5. The highest BCUT2D eigenvalue weighted by Crippen LogP contribution is 2.66. The van der Waals surface area contributed by atoms with Gasteiger partial charge in [-0.3, -0.25) is 4.79 Å². The van der Waals surface area contributed by atoms with Crippen LogP contribution in [0.15, 0.2) is 18.2 Å². The molecule has 0 spiro atoms. The van der Waals surface area contributed by atoms with Crippen LogP contribution in [0.1, 0.15) is 71.6 Å². The molecule has 0 saturated heterocycles. The maximum absolute atomic E-state index is 16.5. The number of rotatable bonds is 3. The molecular weight excluding hydrogens is 420 g/mol. The Morgan fingerprint density at radius 3 is 2.82 bits per heavy atom. The van der Waals surface area contributed by atoms with E-state index in [1.165, 1.54) is 12.1 Å². The van der Waals surface area contributed by atoms with Crippen LogP contribution in [0, 0.1) is 46.7 Å². The van der Waals surface area contributed by atoms with Gasteiger partial charge in [0.05, 0.1) is 5.52 Å². The van der Waals surface area contributed by atoms with Gasteiger partial charge in [0.2, 0.25) is 0 Å². The average Bonchev–Trinajstić information content (AvgIpc) is 3.34. The highest BCUT2D eigenvalue weighted by Gasteiger charge is 2.62. The number of hydrogen-bond donors (Lipinski definition) is 0. The van der Waals surface area contributed by atoms with Crippen molar-refractivity contribution in [2.45, 2.75) is 83.8 Å². The van der Waals surface area contributed by atoms with Crippen molar-refractivity contribution in [2.75, 3.05) is 0 Å². The van der Waals surface area contributed by atoms with Crippen LogP contribution in [0.4, 0.5) is 8.78 Å². The molecule has 4 saturated carbocycles. The van der Waals surface area contributed by atoms with E-state index in [1.807, 2.05) is 0 Å². The van der Waals surface area contributed by atoms with Gasteiger partial charge in [-0.2, -0.15) is 0 Å². The van der Waals surface area contributed by atoms with Gasteiger partial charge in [0.25, 0.3) is 0 Å². The van der Waals surface area contributed by atoms with Crippen molar-refractivity contribution in [1.29, 1.82) is 0 Å². The minimum atomic E-state index is -0.978. The largest absolute Gasteiger partial charge is 0.297 e. The average molecular weight is 456 g/mol. The van der Waals surface area contributed by atoms with Gasteiger partial charge in [-0.05, 0) is 105 Å². The normalized spacial score (nSPS) is 42.5. The second kappa shape index (κ2) is 7.58. The summed E-state index contributed by atoms with van der Waals surface area (Å²) < 4.78 is 31.6. The standard InChI is InChI=1S/C27H35F2N3O/c1-16-9-12-27(29)17(13-16)3-5-19-20-6-7-22(26(20,2)11-10-21(19)27)25(33)15-32-24-8-4-18(28)14-23(24)30-31-32/h4,8,14,16-17,19-22H,3,5-7,9-13,15H2,1-2H3/t16-,17+,19-,20?,21?,22+,26-,27+/m0/s1. The van der Waals surface area contributed by atoms with Crippen molar-refractivity contribution in [3.8, 4) is 0 Å². The van der Waals surface area contributed by atoms with Crippen LogP contribution < -0.4 is 0 Å². The van der Waals surface area contributed by atoms with Crippen LogP contribution in [0.2, 0.25) is 0 Å². The molecule has 4 fully saturated rings. The van der Waals surface area contributed by atoms with E-state index in [-0.39, 0.29) is 41.3 Å². The fraction of sp³-hybridized carbons (Fsp3) is 0.741. The summed E-state index contributed by atoms with van der Waals surface area (Å²) >= 11 is 0. The van der Waals surface area contributed by atoms with Crippen molar-refractivity contribution in [3.05, 3.63) is 24.0 Å². The topological polar surface area (TPSA) is 47.8 Å². The van der Waals surface area contributed by atoms with Crippen LogP contribution in [0.5, 0.6) is 0 Å². The molecule has 0 amide bonds. The summed E-state index contributed by atoms with van der Waals surface area (Å²) in [6.07, 6.45) is 8.78. The zero-order chi connectivity index (χ0) is 23.0. The van der Waals surface area contributed by atoms with E-state index in [4.69, 9.17) is 0 Å². The van der Waals surface area contributed by atoms with E-state index < -0.39 is 5.67 Å². The van der Waals surface area contributed by atoms with Gasteiger partial charge >= 0.3 is 0 Å². The summed E-state index contributed by atoms with van der Waals surface area (Å²) in [5.74, 6) is 1.79. The van der Waals surface area contributed by atoms with Gasteiger partial charge < -0.3 is 0 Å². The van der Waals surface area contributed by atoms with E-state index in [0.29, 0.717) is 28.8 Å². The SMILES string of the molecule is C[C@H]1CC[C@]2(F)C3CC[C@@]4(C)C(CC[C@@H]4C(=O)Cn4nnc5cc(F)ccc54)[C@@H]3CC[C@@H]2C1. The van der Waals surface area contributed by atoms with Gasteiger partial charge in [-0.25, -0.2) is 13.5 Å². The molecule has 4 aliphatic carbocycles. The number of benzene rings is 1. The highest BCUT2D eigenvalue weighted by molar-refractivity contribution is 5.84. The molecule has 33 heavy (non-hydrogen) atoms. The van der Waals surface area contributed by atoms with Crippen LogP contribution >= 0.6 is 0 Å². The highest BCUT2D eigenvalue weighted by atomic mass is 19.1. The molecule has 0 radical (unpaired) electrons. The molecule has 0 aliphatic heterocycles. The maximum Gasteiger partial charge on any atom is 0.157 e. The smallest absolute Gasteiger partial charge is 0.157 e. The van der Waals surface area contributed by atoms with E-state index in [1.54, 1.807) is 10.7 Å². The molecule has 1 heterocycles. The van der Waals surface area contributed by atoms with Gasteiger partial charge in [-0.15, -0.1) is 5.10 Å². The van der Waals surface area contributed by atoms with Crippen molar-refractivity contribution >= 4 is 16.8 Å². The fourth-order valence-corrected chi connectivity index (χ4v) is 8.85. The quantitative estimate of drug-likeness (QED) is 0.559. The first-order valence-electron chi connectivity index (χ1n) is 13.0. The summed E-state index contributed by atoms with van der Waals surface area (Å²) in [6, 6.07) is 4.38. The van der Waals surface area contributed by atoms with E-state index in [9.17, 15) is 9.18 Å². The minimum Gasteiger partial charge on any atom is -0.297 e. The van der Waals surface area contributed by atoms with E-state index in [2.05, 4.69) is 24.2 Å². The number of aromatic nitrogens is 3. The first kappa shape index (κ1) is 21.7. The Hall–Kier alpha value is -1.85. The van der Waals surface area contributed by atoms with Crippen LogP contribution in [0.3, 0.4) is 0 Å². The van der Waals surface area contributed by atoms with Crippen LogP contribution in [-0.2, 0) is 11.3 Å². The molecule has 2 aromatic rings. The second-order valence-electron chi connectivity index (χ2n) is 12.0. The van der Waals surface area contributed by atoms with Gasteiger partial charge in [0, 0.05) is 12.0 Å². The number of fused-ring (bicyclic) bond motifs is 6. The minimum absolute atomic E-state index is 0.0113. The van der Waals surface area contributed by atoms with Gasteiger partial charge in [-0.1, -0.05) is 19.1 Å². The Kier molecular flexibility index (Phi) is 4.97. The van der Waals surface area contributed by atoms with Crippen molar-refractivity contribution < 1.29 is 13.6 Å². The number of ketones is 1. The molecule has 178 valence electrons. The molecule has 0 N–H and O–H groups in total. The fourth-order valence-electron chi connectivity index (χ4n) is 8.85. The number of hydrogen-bond acceptors (Lipinski definition) is 3. The Bertz CT molecular complexity index is 1080. The number of Topliss-reactive ketones (excluding diaryl/α,β-unsaturated/α-hetero) is 1. The molecule has 4 nitrogen and oxygen atoms in total. The lowest BCUT2D eigenvalue weighted by Gasteiger charge is -2.58. The van der Waals surface area contributed by atoms with Crippen molar-refractivity contribution in [3.63, 3.8) is 0 Å². The Morgan fingerprint density at radius 1 is 1.12 bits per heavy atom. The van der Waals surface area contributed by atoms with Crippen molar-refractivity contribution in [1.82, 2.24) is 15.0 Å². The maximum atomic E-state index is 16.5. The summed E-state index contributed by atoms with van der Waals surface area (Å²) in [7, 11) is 0. The monoisotopic (exact) mass is 455 g/mol. The first-order valence-corrected chi connectivity index (χ1v) is 13.0. The zero-order valence-corrected chi connectivity index (χ0v) is 19.8. The molecule has 6 rings (SSSR count). The van der Waals surface area contributed by atoms with Gasteiger partial charge in [0.15, 0.2) is 5.78 Å². The lowest BCUT2D eigenvalue weighted by Crippen LogP contribution is -2.56. The van der Waals surface area contributed by atoms with Crippen LogP contribution in [0.25, 0.3) is 11.0 Å². The number of carbonyl (C=O) groups is 1. The predicted molar refractivity (Wildman–Crippen MR) is 123 cm³/mol. The Labute approximate surface area is 194 Å². The van der Waals surface area contributed by atoms with E-state index in [0.717, 1.165) is 57.8 Å². The Balaban J connectivity index is 1.22. The van der Waals surface area contributed by atoms with E-state index >= 15 is 4.39 Å². The summed E-state index contributed by atoms with van der Waals surface area (Å²) in [6.45, 7) is 4.76. The van der Waals surface area contributed by atoms with Crippen molar-refractivity contribution in [2.24, 2.45) is 40.9 Å². The third kappa shape index (κ3) is 3.22.